The summed E-state index contributed by atoms with van der Waals surface area (Å²) in [5, 5.41) is 8.47. The van der Waals surface area contributed by atoms with Crippen LogP contribution in [0.2, 0.25) is 0 Å². The van der Waals surface area contributed by atoms with Crippen LogP contribution in [0, 0.1) is 0 Å². The van der Waals surface area contributed by atoms with Gasteiger partial charge in [0.05, 0.1) is 2.74 Å². The maximum absolute atomic E-state index is 8.47. The van der Waals surface area contributed by atoms with Crippen LogP contribution in [0.3, 0.4) is 0 Å². The highest BCUT2D eigenvalue weighted by Gasteiger charge is 1.71. The molecule has 0 amide bonds. The summed E-state index contributed by atoms with van der Waals surface area (Å²) in [6.45, 7) is -3.07. The van der Waals surface area contributed by atoms with E-state index in [1.54, 1.807) is 0 Å². The van der Waals surface area contributed by atoms with Crippen molar-refractivity contribution in [3.8, 4) is 0 Å². The summed E-state index contributed by atoms with van der Waals surface area (Å²) in [5.41, 5.74) is 0. The molecule has 0 aromatic heterocycles. The zero-order valence-corrected chi connectivity index (χ0v) is 3.16. The Labute approximate surface area is 43.6 Å². The number of aliphatic hydroxyl groups is 1. The molecule has 0 aliphatic carbocycles. The van der Waals surface area contributed by atoms with Crippen LogP contribution in [0.25, 0.3) is 0 Å². The van der Waals surface area contributed by atoms with E-state index in [4.69, 9.17) is 23.6 Å². The first-order valence-electron chi connectivity index (χ1n) is 3.56. The predicted molar refractivity (Wildman–Crippen MR) is 22.4 cm³/mol. The maximum Gasteiger partial charge on any atom is 0.0564 e. The Bertz CT molecular complexity index is 119. The van der Waals surface area contributed by atoms with Crippen LogP contribution in [0.1, 0.15) is 13.2 Å². The average Bonchev–Trinajstić information content (AvgIpc) is 1.62. The third-order valence-electron chi connectivity index (χ3n) is 0.119. The summed E-state index contributed by atoms with van der Waals surface area (Å²) in [7, 11) is 0. The Kier molecular flexibility index (Phi) is 0.942. The molecule has 1 atom stereocenters. The average molecular weight is 99.6 g/mol. The van der Waals surface area contributed by atoms with Gasteiger partial charge in [0.25, 0.3) is 0 Å². The summed E-state index contributed by atoms with van der Waals surface area (Å²) in [5.74, 6) is -1.81. The second-order valence-electron chi connectivity index (χ2n) is 0.365. The molecule has 0 aromatic rings. The van der Waals surface area contributed by atoms with E-state index >= 15 is 0 Å². The van der Waals surface area contributed by atoms with Crippen LogP contribution < -0.4 is 0 Å². The molecule has 0 radical (unpaired) electrons. The molecule has 0 spiro atoms. The fourth-order valence-corrected chi connectivity index (χ4v) is 0.0732. The van der Waals surface area contributed by atoms with Crippen molar-refractivity contribution in [1.29, 1.82) is 0 Å². The van der Waals surface area contributed by atoms with Gasteiger partial charge in [-0.1, -0.05) is 0 Å². The lowest BCUT2D eigenvalue weighted by Crippen LogP contribution is -1.79. The van der Waals surface area contributed by atoms with E-state index in [1.807, 2.05) is 0 Å². The Morgan fingerprint density at radius 2 is 2.60 bits per heavy atom. The first-order valence-corrected chi connectivity index (χ1v) is 1.42. The predicted octanol–water partition coefficient (Wildman–Crippen LogP) is 0.608. The molecule has 2 heteroatoms. The number of hydrogen-bond donors (Lipinski definition) is 1. The molecular weight excluding hydrogens is 87.5 g/mol. The van der Waals surface area contributed by atoms with Crippen LogP contribution in [0.15, 0.2) is 0 Å². The number of alkyl halides is 1. The second-order valence-corrected chi connectivity index (χ2v) is 0.583. The van der Waals surface area contributed by atoms with E-state index in [9.17, 15) is 0 Å². The van der Waals surface area contributed by atoms with Crippen molar-refractivity contribution in [3.05, 3.63) is 0 Å². The van der Waals surface area contributed by atoms with Crippen LogP contribution in [-0.2, 0) is 0 Å². The van der Waals surface area contributed by atoms with Gasteiger partial charge in [-0.2, -0.15) is 0 Å². The van der Waals surface area contributed by atoms with Crippen molar-refractivity contribution in [2.75, 3.05) is 12.4 Å². The lowest BCUT2D eigenvalue weighted by Gasteiger charge is -1.77. The number of hydrogen-bond acceptors (Lipinski definition) is 1. The van der Waals surface area contributed by atoms with Crippen LogP contribution >= 0.6 is 11.6 Å². The van der Waals surface area contributed by atoms with Gasteiger partial charge in [-0.05, 0) is 6.37 Å². The Balaban J connectivity index is 4.40. The molecule has 1 unspecified atom stereocenters. The fourth-order valence-electron chi connectivity index (χ4n) is 0.0244. The first kappa shape index (κ1) is 1.11. The topological polar surface area (TPSA) is 20.2 Å². The van der Waals surface area contributed by atoms with Crippen molar-refractivity contribution >= 4 is 11.6 Å². The van der Waals surface area contributed by atoms with Crippen LogP contribution in [0.5, 0.6) is 0 Å². The molecule has 0 bridgehead atoms. The molecule has 0 fully saturated rings. The smallest absolute Gasteiger partial charge is 0.0564 e. The summed E-state index contributed by atoms with van der Waals surface area (Å²) < 4.78 is 33.2. The monoisotopic (exact) mass is 99.0 g/mol. The largest absolute Gasteiger partial charge is 0.396 e. The molecule has 32 valence electrons. The third-order valence-corrected chi connectivity index (χ3v) is 0.228. The minimum Gasteiger partial charge on any atom is -0.396 e. The highest BCUT2D eigenvalue weighted by atomic mass is 35.5. The highest BCUT2D eigenvalue weighted by molar-refractivity contribution is 6.17. The van der Waals surface area contributed by atoms with E-state index in [1.165, 1.54) is 0 Å². The SMILES string of the molecule is [2H]C(Cl)C([2H])([2H])C([2H])([2H])O. The van der Waals surface area contributed by atoms with Gasteiger partial charge in [-0.15, -0.1) is 11.6 Å². The van der Waals surface area contributed by atoms with Crippen molar-refractivity contribution in [3.63, 3.8) is 0 Å². The van der Waals surface area contributed by atoms with Gasteiger partial charge in [-0.3, -0.25) is 0 Å². The minimum absolute atomic E-state index is 1.81. The zero-order chi connectivity index (χ0) is 8.58. The third kappa shape index (κ3) is 4.25. The molecule has 1 nitrogen and oxygen atoms in total. The van der Waals surface area contributed by atoms with Gasteiger partial charge in [0.15, 0.2) is 0 Å². The standard InChI is InChI=1S/C3H7ClO/c4-2-1-3-5/h5H,1-3H2/i1D2,2D,3D2. The minimum atomic E-state index is -3.07. The molecule has 0 aliphatic heterocycles. The van der Waals surface area contributed by atoms with Crippen molar-refractivity contribution < 1.29 is 12.0 Å². The van der Waals surface area contributed by atoms with Gasteiger partial charge < -0.3 is 5.11 Å². The van der Waals surface area contributed by atoms with Gasteiger partial charge in [0, 0.05) is 16.5 Å². The normalized spacial score (nSPS) is 35.2. The van der Waals surface area contributed by atoms with Crippen molar-refractivity contribution in [2.24, 2.45) is 0 Å². The van der Waals surface area contributed by atoms with E-state index < -0.39 is 18.8 Å². The quantitative estimate of drug-likeness (QED) is 0.503. The first-order chi connectivity index (χ1) is 4.19. The Hall–Kier alpha value is 0.250. The van der Waals surface area contributed by atoms with E-state index in [-0.39, 0.29) is 0 Å². The highest BCUT2D eigenvalue weighted by Crippen LogP contribution is 1.77. The molecule has 5 heavy (non-hydrogen) atoms. The molecule has 0 aromatic carbocycles. The molecule has 0 saturated heterocycles. The van der Waals surface area contributed by atoms with Crippen molar-refractivity contribution in [1.82, 2.24) is 0 Å². The van der Waals surface area contributed by atoms with Crippen molar-refractivity contribution in [2.45, 2.75) is 6.37 Å². The lowest BCUT2D eigenvalue weighted by atomic mass is 10.5. The molecule has 0 heterocycles. The zero-order valence-electron chi connectivity index (χ0n) is 7.40. The van der Waals surface area contributed by atoms with Gasteiger partial charge >= 0.3 is 0 Å². The molecule has 1 N–H and O–H groups in total. The number of halogens is 1. The second kappa shape index (κ2) is 4.25. The summed E-state index contributed by atoms with van der Waals surface area (Å²) in [4.78, 5) is 0. The Morgan fingerprint density at radius 1 is 2.00 bits per heavy atom. The van der Waals surface area contributed by atoms with Gasteiger partial charge in [0.1, 0.15) is 0 Å². The van der Waals surface area contributed by atoms with E-state index in [2.05, 4.69) is 0 Å². The summed E-state index contributed by atoms with van der Waals surface area (Å²) >= 11 is 4.95. The molecule has 0 saturated carbocycles. The molecule has 0 aliphatic rings. The van der Waals surface area contributed by atoms with Gasteiger partial charge in [0.2, 0.25) is 0 Å². The van der Waals surface area contributed by atoms with E-state index in [0.717, 1.165) is 0 Å². The fraction of sp³-hybridized carbons (Fsp3) is 1.00. The van der Waals surface area contributed by atoms with E-state index in [0.29, 0.717) is 0 Å². The summed E-state index contributed by atoms with van der Waals surface area (Å²) in [6, 6.07) is 0. The maximum atomic E-state index is 8.47. The number of rotatable bonds is 2. The van der Waals surface area contributed by atoms with Gasteiger partial charge in [-0.25, -0.2) is 0 Å². The summed E-state index contributed by atoms with van der Waals surface area (Å²) in [6.07, 6.45) is -2.74. The Morgan fingerprint density at radius 3 is 2.60 bits per heavy atom. The van der Waals surface area contributed by atoms with Crippen LogP contribution in [0.4, 0.5) is 0 Å². The molecule has 0 rings (SSSR count). The molecular formula is C3H7ClO. The van der Waals surface area contributed by atoms with Crippen LogP contribution in [-0.4, -0.2) is 17.5 Å². The lowest BCUT2D eigenvalue weighted by molar-refractivity contribution is 0.296.